The fourth-order valence-corrected chi connectivity index (χ4v) is 2.72. The van der Waals surface area contributed by atoms with Crippen LogP contribution in [0.15, 0.2) is 18.3 Å². The molecule has 0 bridgehead atoms. The number of methoxy groups -OCH3 is 1. The number of ether oxygens (including phenoxy) is 1. The van der Waals surface area contributed by atoms with Crippen LogP contribution in [0.3, 0.4) is 0 Å². The standard InChI is InChI=1S/C15H25N3O/c1-12(11-13-7-4-3-5-9-16-13)18-14-8-6-10-17-15(14)19-2/h6,8,10,12-13,16,18H,3-5,7,9,11H2,1-2H3. The van der Waals surface area contributed by atoms with E-state index in [2.05, 4.69) is 22.5 Å². The first-order chi connectivity index (χ1) is 9.29. The van der Waals surface area contributed by atoms with Gasteiger partial charge in [-0.2, -0.15) is 0 Å². The molecule has 106 valence electrons. The lowest BCUT2D eigenvalue weighted by Crippen LogP contribution is -2.33. The van der Waals surface area contributed by atoms with Gasteiger partial charge in [0.15, 0.2) is 0 Å². The van der Waals surface area contributed by atoms with E-state index in [1.807, 2.05) is 12.1 Å². The van der Waals surface area contributed by atoms with Crippen LogP contribution < -0.4 is 15.4 Å². The summed E-state index contributed by atoms with van der Waals surface area (Å²) in [7, 11) is 1.66. The van der Waals surface area contributed by atoms with Crippen molar-refractivity contribution in [1.82, 2.24) is 10.3 Å². The zero-order chi connectivity index (χ0) is 13.5. The van der Waals surface area contributed by atoms with Gasteiger partial charge in [-0.1, -0.05) is 12.8 Å². The molecule has 1 aliphatic rings. The quantitative estimate of drug-likeness (QED) is 0.857. The lowest BCUT2D eigenvalue weighted by atomic mass is 10.0. The summed E-state index contributed by atoms with van der Waals surface area (Å²) in [6.07, 6.45) is 8.20. The van der Waals surface area contributed by atoms with Crippen molar-refractivity contribution >= 4 is 5.69 Å². The second-order valence-corrected chi connectivity index (χ2v) is 5.34. The number of aromatic nitrogens is 1. The van der Waals surface area contributed by atoms with Crippen LogP contribution in [-0.2, 0) is 0 Å². The fraction of sp³-hybridized carbons (Fsp3) is 0.667. The van der Waals surface area contributed by atoms with Gasteiger partial charge in [0.25, 0.3) is 0 Å². The highest BCUT2D eigenvalue weighted by atomic mass is 16.5. The Bertz CT molecular complexity index is 375. The largest absolute Gasteiger partial charge is 0.480 e. The van der Waals surface area contributed by atoms with Gasteiger partial charge in [0.05, 0.1) is 12.8 Å². The molecule has 0 radical (unpaired) electrons. The zero-order valence-electron chi connectivity index (χ0n) is 12.0. The molecule has 1 aliphatic heterocycles. The Labute approximate surface area is 116 Å². The summed E-state index contributed by atoms with van der Waals surface area (Å²) in [5.74, 6) is 0.670. The van der Waals surface area contributed by atoms with Gasteiger partial charge in [-0.25, -0.2) is 4.98 Å². The van der Waals surface area contributed by atoms with Crippen molar-refractivity contribution in [3.05, 3.63) is 18.3 Å². The van der Waals surface area contributed by atoms with E-state index in [9.17, 15) is 0 Å². The minimum Gasteiger partial charge on any atom is -0.480 e. The third kappa shape index (κ3) is 4.39. The molecule has 19 heavy (non-hydrogen) atoms. The van der Waals surface area contributed by atoms with Crippen molar-refractivity contribution in [2.45, 2.75) is 51.1 Å². The molecule has 0 spiro atoms. The number of nitrogens with one attached hydrogen (secondary N) is 2. The third-order valence-corrected chi connectivity index (χ3v) is 3.67. The van der Waals surface area contributed by atoms with Gasteiger partial charge < -0.3 is 15.4 Å². The van der Waals surface area contributed by atoms with E-state index in [0.717, 1.165) is 18.7 Å². The summed E-state index contributed by atoms with van der Waals surface area (Å²) in [5.41, 5.74) is 0.978. The van der Waals surface area contributed by atoms with E-state index in [1.54, 1.807) is 13.3 Å². The maximum Gasteiger partial charge on any atom is 0.237 e. The predicted molar refractivity (Wildman–Crippen MR) is 78.7 cm³/mol. The van der Waals surface area contributed by atoms with Gasteiger partial charge in [-0.05, 0) is 44.9 Å². The number of anilines is 1. The van der Waals surface area contributed by atoms with E-state index in [0.29, 0.717) is 18.0 Å². The Morgan fingerprint density at radius 3 is 3.21 bits per heavy atom. The number of rotatable bonds is 5. The van der Waals surface area contributed by atoms with Crippen molar-refractivity contribution in [3.63, 3.8) is 0 Å². The molecule has 0 aliphatic carbocycles. The average molecular weight is 263 g/mol. The second kappa shape index (κ2) is 7.34. The molecule has 2 heterocycles. The van der Waals surface area contributed by atoms with E-state index >= 15 is 0 Å². The summed E-state index contributed by atoms with van der Waals surface area (Å²) in [5, 5.41) is 7.14. The number of nitrogens with zero attached hydrogens (tertiary/aromatic N) is 1. The maximum absolute atomic E-state index is 5.27. The Kier molecular flexibility index (Phi) is 5.45. The van der Waals surface area contributed by atoms with Gasteiger partial charge in [-0.15, -0.1) is 0 Å². The molecule has 2 atom stereocenters. The molecule has 1 saturated heterocycles. The molecule has 0 amide bonds. The van der Waals surface area contributed by atoms with Crippen LogP contribution >= 0.6 is 0 Å². The lowest BCUT2D eigenvalue weighted by Gasteiger charge is -2.22. The van der Waals surface area contributed by atoms with Gasteiger partial charge in [0.1, 0.15) is 0 Å². The molecule has 2 N–H and O–H groups in total. The molecule has 1 aromatic heterocycles. The average Bonchev–Trinajstić information content (AvgIpc) is 2.68. The van der Waals surface area contributed by atoms with Crippen LogP contribution in [-0.4, -0.2) is 30.7 Å². The highest BCUT2D eigenvalue weighted by Crippen LogP contribution is 2.22. The SMILES string of the molecule is COc1ncccc1NC(C)CC1CCCCCN1. The molecule has 4 nitrogen and oxygen atoms in total. The van der Waals surface area contributed by atoms with Gasteiger partial charge in [0.2, 0.25) is 5.88 Å². The number of hydrogen-bond donors (Lipinski definition) is 2. The molecule has 0 saturated carbocycles. The Morgan fingerprint density at radius 2 is 2.37 bits per heavy atom. The van der Waals surface area contributed by atoms with E-state index < -0.39 is 0 Å². The van der Waals surface area contributed by atoms with E-state index in [1.165, 1.54) is 25.7 Å². The van der Waals surface area contributed by atoms with Gasteiger partial charge in [-0.3, -0.25) is 0 Å². The van der Waals surface area contributed by atoms with Gasteiger partial charge in [0, 0.05) is 18.3 Å². The van der Waals surface area contributed by atoms with Crippen molar-refractivity contribution in [3.8, 4) is 5.88 Å². The summed E-state index contributed by atoms with van der Waals surface area (Å²) < 4.78 is 5.27. The van der Waals surface area contributed by atoms with Crippen LogP contribution in [0.1, 0.15) is 39.0 Å². The molecule has 0 aromatic carbocycles. The first kappa shape index (κ1) is 14.1. The summed E-state index contributed by atoms with van der Waals surface area (Å²) >= 11 is 0. The van der Waals surface area contributed by atoms with Crippen molar-refractivity contribution in [2.75, 3.05) is 19.0 Å². The molecule has 2 rings (SSSR count). The molecular formula is C15H25N3O. The van der Waals surface area contributed by atoms with E-state index in [4.69, 9.17) is 4.74 Å². The second-order valence-electron chi connectivity index (χ2n) is 5.34. The Balaban J connectivity index is 1.87. The first-order valence-electron chi connectivity index (χ1n) is 7.28. The lowest BCUT2D eigenvalue weighted by molar-refractivity contribution is 0.398. The molecule has 1 fully saturated rings. The van der Waals surface area contributed by atoms with Crippen LogP contribution in [0.5, 0.6) is 5.88 Å². The highest BCUT2D eigenvalue weighted by molar-refractivity contribution is 5.52. The van der Waals surface area contributed by atoms with Crippen LogP contribution in [0.4, 0.5) is 5.69 Å². The summed E-state index contributed by atoms with van der Waals surface area (Å²) in [6.45, 7) is 3.38. The Hall–Kier alpha value is -1.29. The molecule has 2 unspecified atom stereocenters. The summed E-state index contributed by atoms with van der Waals surface area (Å²) in [6, 6.07) is 4.99. The molecule has 4 heteroatoms. The Morgan fingerprint density at radius 1 is 1.47 bits per heavy atom. The molecular weight excluding hydrogens is 238 g/mol. The topological polar surface area (TPSA) is 46.2 Å². The summed E-state index contributed by atoms with van der Waals surface area (Å²) in [4.78, 5) is 4.21. The normalized spacial score (nSPS) is 21.5. The fourth-order valence-electron chi connectivity index (χ4n) is 2.72. The van der Waals surface area contributed by atoms with Crippen LogP contribution in [0.2, 0.25) is 0 Å². The monoisotopic (exact) mass is 263 g/mol. The zero-order valence-corrected chi connectivity index (χ0v) is 12.0. The maximum atomic E-state index is 5.27. The predicted octanol–water partition coefficient (Wildman–Crippen LogP) is 2.81. The van der Waals surface area contributed by atoms with Crippen LogP contribution in [0, 0.1) is 0 Å². The first-order valence-corrected chi connectivity index (χ1v) is 7.28. The van der Waals surface area contributed by atoms with Crippen molar-refractivity contribution in [1.29, 1.82) is 0 Å². The highest BCUT2D eigenvalue weighted by Gasteiger charge is 2.15. The third-order valence-electron chi connectivity index (χ3n) is 3.67. The van der Waals surface area contributed by atoms with Crippen molar-refractivity contribution < 1.29 is 4.74 Å². The van der Waals surface area contributed by atoms with Crippen LogP contribution in [0.25, 0.3) is 0 Å². The number of hydrogen-bond acceptors (Lipinski definition) is 4. The van der Waals surface area contributed by atoms with Crippen molar-refractivity contribution in [2.24, 2.45) is 0 Å². The smallest absolute Gasteiger partial charge is 0.237 e. The molecule has 1 aromatic rings. The minimum atomic E-state index is 0.411. The number of pyridine rings is 1. The minimum absolute atomic E-state index is 0.411. The van der Waals surface area contributed by atoms with Gasteiger partial charge >= 0.3 is 0 Å². The van der Waals surface area contributed by atoms with E-state index in [-0.39, 0.29) is 0 Å².